The van der Waals surface area contributed by atoms with E-state index >= 15 is 0 Å². The van der Waals surface area contributed by atoms with Crippen molar-refractivity contribution in [2.75, 3.05) is 13.2 Å². The van der Waals surface area contributed by atoms with Gasteiger partial charge in [-0.1, -0.05) is 67.2 Å². The molecule has 0 heterocycles. The van der Waals surface area contributed by atoms with Crippen molar-refractivity contribution in [3.05, 3.63) is 84.4 Å². The fourth-order valence-corrected chi connectivity index (χ4v) is 5.41. The van der Waals surface area contributed by atoms with E-state index in [1.807, 2.05) is 19.1 Å². The highest BCUT2D eigenvalue weighted by molar-refractivity contribution is 6.54. The fourth-order valence-electron chi connectivity index (χ4n) is 2.82. The smallest absolute Gasteiger partial charge is 0.330 e. The molecule has 0 saturated carbocycles. The lowest BCUT2D eigenvalue weighted by atomic mass is 10.0. The van der Waals surface area contributed by atoms with Crippen molar-refractivity contribution in [3.63, 3.8) is 0 Å². The van der Waals surface area contributed by atoms with E-state index in [1.165, 1.54) is 17.2 Å². The number of carbonyl (C=O) groups is 1. The van der Waals surface area contributed by atoms with Gasteiger partial charge in [-0.3, -0.25) is 0 Å². The van der Waals surface area contributed by atoms with Crippen LogP contribution in [0.5, 0.6) is 0 Å². The Bertz CT molecular complexity index is 603. The highest BCUT2D eigenvalue weighted by Crippen LogP contribution is 2.30. The third-order valence-corrected chi connectivity index (χ3v) is 6.71. The first-order valence-corrected chi connectivity index (χ1v) is 10.3. The summed E-state index contributed by atoms with van der Waals surface area (Å²) >= 11 is 0. The molecule has 0 bridgehead atoms. The van der Waals surface area contributed by atoms with Gasteiger partial charge in [0.15, 0.2) is 0 Å². The summed E-state index contributed by atoms with van der Waals surface area (Å²) in [6.45, 7) is 6.55. The van der Waals surface area contributed by atoms with Crippen molar-refractivity contribution in [3.8, 4) is 0 Å². The highest BCUT2D eigenvalue weighted by atomic mass is 28.3. The average Bonchev–Trinajstić information content (AvgIpc) is 2.67. The zero-order valence-electron chi connectivity index (χ0n) is 14.7. The van der Waals surface area contributed by atoms with E-state index in [9.17, 15) is 4.79 Å². The number of rotatable bonds is 10. The molecule has 2 aromatic carbocycles. The lowest BCUT2D eigenvalue weighted by molar-refractivity contribution is -0.137. The summed E-state index contributed by atoms with van der Waals surface area (Å²) in [5, 5.41) is 0. The van der Waals surface area contributed by atoms with E-state index in [1.54, 1.807) is 0 Å². The third-order valence-electron chi connectivity index (χ3n) is 3.90. The Morgan fingerprint density at radius 3 is 2.12 bits per heavy atom. The van der Waals surface area contributed by atoms with E-state index in [-0.39, 0.29) is 11.5 Å². The second kappa shape index (κ2) is 10.6. The monoisotopic (exact) mass is 353 g/mol. The number of ether oxygens (including phenoxy) is 1. The van der Waals surface area contributed by atoms with Gasteiger partial charge in [0.05, 0.1) is 6.61 Å². The van der Waals surface area contributed by atoms with Crippen LogP contribution in [0.1, 0.15) is 30.0 Å². The minimum absolute atomic E-state index is 0.252. The van der Waals surface area contributed by atoms with Crippen molar-refractivity contribution >= 4 is 15.0 Å². The molecule has 131 valence electrons. The Labute approximate surface area is 152 Å². The Morgan fingerprint density at radius 2 is 1.64 bits per heavy atom. The minimum Gasteiger partial charge on any atom is -0.463 e. The maximum Gasteiger partial charge on any atom is 0.330 e. The zero-order chi connectivity index (χ0) is 17.9. The predicted molar refractivity (Wildman–Crippen MR) is 103 cm³/mol. The SMILES string of the molecule is C=CC(=O)OCCC[Si](OCC)C(c1ccccc1)c1ccccc1. The van der Waals surface area contributed by atoms with Gasteiger partial charge < -0.3 is 9.16 Å². The summed E-state index contributed by atoms with van der Waals surface area (Å²) in [6.07, 6.45) is 2.00. The quantitative estimate of drug-likeness (QED) is 0.273. The van der Waals surface area contributed by atoms with Crippen molar-refractivity contribution in [1.82, 2.24) is 0 Å². The first-order chi connectivity index (χ1) is 12.3. The summed E-state index contributed by atoms with van der Waals surface area (Å²) in [7, 11) is -1.16. The molecule has 0 atom stereocenters. The van der Waals surface area contributed by atoms with Gasteiger partial charge in [-0.15, -0.1) is 0 Å². The molecule has 0 N–H and O–H groups in total. The molecule has 4 heteroatoms. The van der Waals surface area contributed by atoms with Gasteiger partial charge in [-0.05, 0) is 30.5 Å². The Kier molecular flexibility index (Phi) is 8.15. The van der Waals surface area contributed by atoms with Crippen LogP contribution < -0.4 is 0 Å². The molecule has 1 radical (unpaired) electrons. The molecule has 2 aromatic rings. The van der Waals surface area contributed by atoms with E-state index in [0.717, 1.165) is 12.5 Å². The van der Waals surface area contributed by atoms with Crippen LogP contribution >= 0.6 is 0 Å². The standard InChI is InChI=1S/C21H25O3Si/c1-3-20(22)23-16-11-17-25(24-4-2)21(18-12-7-5-8-13-18)19-14-9-6-10-15-19/h3,5-10,12-15,21H,1,4,11,16-17H2,2H3. The molecular weight excluding hydrogens is 328 g/mol. The number of hydrogen-bond donors (Lipinski definition) is 0. The first-order valence-electron chi connectivity index (χ1n) is 8.63. The largest absolute Gasteiger partial charge is 0.463 e. The topological polar surface area (TPSA) is 35.5 Å². The molecule has 0 aliphatic carbocycles. The second-order valence-electron chi connectivity index (χ2n) is 5.63. The molecule has 3 nitrogen and oxygen atoms in total. The average molecular weight is 354 g/mol. The number of carbonyl (C=O) groups excluding carboxylic acids is 1. The van der Waals surface area contributed by atoms with Crippen molar-refractivity contribution in [1.29, 1.82) is 0 Å². The number of hydrogen-bond acceptors (Lipinski definition) is 3. The normalized spacial score (nSPS) is 10.8. The fraction of sp³-hybridized carbons (Fsp3) is 0.286. The van der Waals surface area contributed by atoms with Crippen molar-refractivity contribution < 1.29 is 14.0 Å². The van der Waals surface area contributed by atoms with Gasteiger partial charge in [-0.25, -0.2) is 4.79 Å². The molecule has 0 aliphatic rings. The van der Waals surface area contributed by atoms with Gasteiger partial charge in [0.1, 0.15) is 0 Å². The molecule has 2 rings (SSSR count). The van der Waals surface area contributed by atoms with E-state index < -0.39 is 9.04 Å². The summed E-state index contributed by atoms with van der Waals surface area (Å²) in [6, 6.07) is 21.9. The van der Waals surface area contributed by atoms with Crippen LogP contribution in [0.2, 0.25) is 6.04 Å². The maximum atomic E-state index is 11.2. The van der Waals surface area contributed by atoms with Crippen LogP contribution in [0.3, 0.4) is 0 Å². The van der Waals surface area contributed by atoms with Crippen LogP contribution in [0.25, 0.3) is 0 Å². The minimum atomic E-state index is -1.16. The second-order valence-corrected chi connectivity index (χ2v) is 7.93. The van der Waals surface area contributed by atoms with Crippen molar-refractivity contribution in [2.24, 2.45) is 0 Å². The van der Waals surface area contributed by atoms with Crippen LogP contribution in [0, 0.1) is 0 Å². The highest BCUT2D eigenvalue weighted by Gasteiger charge is 2.28. The van der Waals surface area contributed by atoms with Crippen LogP contribution in [-0.2, 0) is 14.0 Å². The molecule has 25 heavy (non-hydrogen) atoms. The Morgan fingerprint density at radius 1 is 1.08 bits per heavy atom. The number of esters is 1. The molecule has 0 saturated heterocycles. The molecule has 0 aromatic heterocycles. The Balaban J connectivity index is 2.16. The predicted octanol–water partition coefficient (Wildman–Crippen LogP) is 4.51. The van der Waals surface area contributed by atoms with Crippen molar-refractivity contribution in [2.45, 2.75) is 24.9 Å². The summed E-state index contributed by atoms with van der Waals surface area (Å²) in [5.41, 5.74) is 2.81. The first kappa shape index (κ1) is 19.2. The van der Waals surface area contributed by atoms with E-state index in [4.69, 9.17) is 9.16 Å². The lowest BCUT2D eigenvalue weighted by Gasteiger charge is -2.26. The molecule has 0 amide bonds. The maximum absolute atomic E-state index is 11.2. The van der Waals surface area contributed by atoms with Gasteiger partial charge in [-0.2, -0.15) is 0 Å². The van der Waals surface area contributed by atoms with Crippen LogP contribution in [-0.4, -0.2) is 28.2 Å². The van der Waals surface area contributed by atoms with Gasteiger partial charge in [0.2, 0.25) is 9.04 Å². The molecular formula is C21H25O3Si. The van der Waals surface area contributed by atoms with E-state index in [2.05, 4.69) is 55.1 Å². The van der Waals surface area contributed by atoms with Crippen LogP contribution in [0.15, 0.2) is 73.3 Å². The number of benzene rings is 2. The van der Waals surface area contributed by atoms with Crippen LogP contribution in [0.4, 0.5) is 0 Å². The molecule has 0 aliphatic heterocycles. The summed E-state index contributed by atoms with van der Waals surface area (Å²) < 4.78 is 11.3. The third kappa shape index (κ3) is 6.00. The summed E-state index contributed by atoms with van der Waals surface area (Å²) in [4.78, 5) is 11.2. The molecule has 0 spiro atoms. The lowest BCUT2D eigenvalue weighted by Crippen LogP contribution is -2.29. The van der Waals surface area contributed by atoms with Gasteiger partial charge >= 0.3 is 5.97 Å². The molecule has 0 fully saturated rings. The van der Waals surface area contributed by atoms with Gasteiger partial charge in [0.25, 0.3) is 0 Å². The Hall–Kier alpha value is -2.17. The van der Waals surface area contributed by atoms with Gasteiger partial charge in [0, 0.05) is 18.2 Å². The summed E-state index contributed by atoms with van der Waals surface area (Å²) in [5.74, 6) is -0.368. The molecule has 0 unspecified atom stereocenters. The van der Waals surface area contributed by atoms with E-state index in [0.29, 0.717) is 13.2 Å². The zero-order valence-corrected chi connectivity index (χ0v) is 15.7.